The van der Waals surface area contributed by atoms with E-state index < -0.39 is 11.7 Å². The van der Waals surface area contributed by atoms with Crippen molar-refractivity contribution in [1.82, 2.24) is 5.32 Å². The highest BCUT2D eigenvalue weighted by molar-refractivity contribution is 7.17. The lowest BCUT2D eigenvalue weighted by Gasteiger charge is -2.16. The van der Waals surface area contributed by atoms with Crippen LogP contribution in [-0.2, 0) is 12.7 Å². The smallest absolute Gasteiger partial charge is 0.416 e. The zero-order chi connectivity index (χ0) is 17.7. The van der Waals surface area contributed by atoms with Gasteiger partial charge in [-0.25, -0.2) is 0 Å². The van der Waals surface area contributed by atoms with Crippen molar-refractivity contribution >= 4 is 9.24 Å². The van der Waals surface area contributed by atoms with Crippen LogP contribution in [0.5, 0.6) is 5.75 Å². The van der Waals surface area contributed by atoms with Crippen molar-refractivity contribution in [1.29, 1.82) is 0 Å². The van der Waals surface area contributed by atoms with Gasteiger partial charge in [0.1, 0.15) is 5.75 Å². The minimum atomic E-state index is -4.32. The van der Waals surface area contributed by atoms with E-state index in [0.29, 0.717) is 12.1 Å². The summed E-state index contributed by atoms with van der Waals surface area (Å²) in [6.45, 7) is 4.27. The maximum absolute atomic E-state index is 12.7. The molecule has 0 saturated heterocycles. The maximum atomic E-state index is 12.7. The second kappa shape index (κ2) is 8.00. The van der Waals surface area contributed by atoms with Gasteiger partial charge in [-0.3, -0.25) is 0 Å². The first kappa shape index (κ1) is 18.8. The van der Waals surface area contributed by atoms with Crippen LogP contribution in [-0.4, -0.2) is 6.10 Å². The number of ether oxygens (including phenoxy) is 1. The number of rotatable bonds is 6. The van der Waals surface area contributed by atoms with Gasteiger partial charge in [-0.1, -0.05) is 30.3 Å². The van der Waals surface area contributed by atoms with Crippen molar-refractivity contribution in [3.63, 3.8) is 0 Å². The Bertz CT molecular complexity index is 656. The third-order valence-corrected chi connectivity index (χ3v) is 4.01. The molecule has 0 spiro atoms. The standard InChI is InChI=1S/C18H21F3NOP/c1-12(2)23-16-8-6-14(7-9-16)17(24)22-11-13-4-3-5-15(10-13)18(19,20)21/h3-10,12,17,22H,11,24H2,1-2H3. The summed E-state index contributed by atoms with van der Waals surface area (Å²) >= 11 is 0. The molecule has 24 heavy (non-hydrogen) atoms. The third-order valence-electron chi connectivity index (χ3n) is 3.39. The fraction of sp³-hybridized carbons (Fsp3) is 0.333. The van der Waals surface area contributed by atoms with Gasteiger partial charge in [0.05, 0.1) is 11.7 Å². The predicted molar refractivity (Wildman–Crippen MR) is 92.9 cm³/mol. The van der Waals surface area contributed by atoms with E-state index >= 15 is 0 Å². The number of halogens is 3. The van der Waals surface area contributed by atoms with E-state index in [4.69, 9.17) is 4.74 Å². The van der Waals surface area contributed by atoms with E-state index in [1.807, 2.05) is 38.1 Å². The molecule has 0 aliphatic carbocycles. The van der Waals surface area contributed by atoms with Gasteiger partial charge in [-0.2, -0.15) is 13.2 Å². The zero-order valence-electron chi connectivity index (χ0n) is 13.6. The van der Waals surface area contributed by atoms with Crippen LogP contribution in [0.3, 0.4) is 0 Å². The van der Waals surface area contributed by atoms with Gasteiger partial charge < -0.3 is 10.1 Å². The van der Waals surface area contributed by atoms with Crippen LogP contribution in [0.1, 0.15) is 36.3 Å². The van der Waals surface area contributed by atoms with Crippen LogP contribution in [0, 0.1) is 0 Å². The second-order valence-corrected chi connectivity index (χ2v) is 6.46. The highest BCUT2D eigenvalue weighted by Gasteiger charge is 2.30. The Hall–Kier alpha value is -1.58. The summed E-state index contributed by atoms with van der Waals surface area (Å²) in [5.41, 5.74) is 0.984. The van der Waals surface area contributed by atoms with Gasteiger partial charge in [0.15, 0.2) is 0 Å². The highest BCUT2D eigenvalue weighted by Crippen LogP contribution is 2.30. The minimum absolute atomic E-state index is 0.0624. The first-order valence-corrected chi connectivity index (χ1v) is 8.34. The lowest BCUT2D eigenvalue weighted by Crippen LogP contribution is -2.16. The molecule has 1 N–H and O–H groups in total. The fourth-order valence-electron chi connectivity index (χ4n) is 2.23. The first-order valence-electron chi connectivity index (χ1n) is 7.67. The summed E-state index contributed by atoms with van der Waals surface area (Å²) in [5, 5.41) is 3.21. The average molecular weight is 355 g/mol. The van der Waals surface area contributed by atoms with Crippen LogP contribution in [0.25, 0.3) is 0 Å². The Balaban J connectivity index is 1.96. The summed E-state index contributed by atoms with van der Waals surface area (Å²) in [6, 6.07) is 13.0. The Morgan fingerprint density at radius 1 is 1.08 bits per heavy atom. The first-order chi connectivity index (χ1) is 11.3. The van der Waals surface area contributed by atoms with Crippen molar-refractivity contribution in [3.05, 3.63) is 65.2 Å². The molecule has 2 aromatic rings. The van der Waals surface area contributed by atoms with E-state index in [9.17, 15) is 13.2 Å². The number of hydrogen-bond acceptors (Lipinski definition) is 2. The Morgan fingerprint density at radius 2 is 1.75 bits per heavy atom. The lowest BCUT2D eigenvalue weighted by molar-refractivity contribution is -0.137. The predicted octanol–water partition coefficient (Wildman–Crippen LogP) is 5.16. The van der Waals surface area contributed by atoms with E-state index in [0.717, 1.165) is 17.4 Å². The zero-order valence-corrected chi connectivity index (χ0v) is 14.8. The molecule has 0 aromatic heterocycles. The number of hydrogen-bond donors (Lipinski definition) is 1. The second-order valence-electron chi connectivity index (χ2n) is 5.79. The average Bonchev–Trinajstić information content (AvgIpc) is 2.52. The topological polar surface area (TPSA) is 21.3 Å². The van der Waals surface area contributed by atoms with Crippen LogP contribution in [0.15, 0.2) is 48.5 Å². The molecule has 2 atom stereocenters. The molecule has 0 bridgehead atoms. The molecule has 130 valence electrons. The van der Waals surface area contributed by atoms with Crippen molar-refractivity contribution in [2.24, 2.45) is 0 Å². The summed E-state index contributed by atoms with van der Waals surface area (Å²) < 4.78 is 43.8. The molecule has 0 heterocycles. The molecule has 2 aromatic carbocycles. The van der Waals surface area contributed by atoms with Gasteiger partial charge in [0.2, 0.25) is 0 Å². The number of alkyl halides is 3. The van der Waals surface area contributed by atoms with E-state index in [2.05, 4.69) is 14.6 Å². The van der Waals surface area contributed by atoms with Gasteiger partial charge >= 0.3 is 6.18 Å². The number of benzene rings is 2. The van der Waals surface area contributed by atoms with Gasteiger partial charge in [0, 0.05) is 12.3 Å². The Labute approximate surface area is 142 Å². The molecule has 0 aliphatic rings. The van der Waals surface area contributed by atoms with E-state index in [1.165, 1.54) is 12.1 Å². The van der Waals surface area contributed by atoms with Crippen molar-refractivity contribution in [2.45, 2.75) is 38.5 Å². The van der Waals surface area contributed by atoms with E-state index in [-0.39, 0.29) is 11.9 Å². The molecule has 0 fully saturated rings. The molecule has 0 saturated carbocycles. The summed E-state index contributed by atoms with van der Waals surface area (Å²) in [5.74, 6) is 0.733. The Kier molecular flexibility index (Phi) is 6.25. The van der Waals surface area contributed by atoms with Gasteiger partial charge in [0.25, 0.3) is 0 Å². The molecule has 0 aliphatic heterocycles. The van der Waals surface area contributed by atoms with Crippen LogP contribution in [0.2, 0.25) is 0 Å². The molecule has 0 radical (unpaired) electrons. The fourth-order valence-corrected chi connectivity index (χ4v) is 2.57. The summed E-state index contributed by atoms with van der Waals surface area (Å²) in [6.07, 6.45) is -4.20. The van der Waals surface area contributed by atoms with Crippen LogP contribution >= 0.6 is 9.24 Å². The van der Waals surface area contributed by atoms with Crippen LogP contribution < -0.4 is 10.1 Å². The minimum Gasteiger partial charge on any atom is -0.491 e. The third kappa shape index (κ3) is 5.50. The van der Waals surface area contributed by atoms with Crippen LogP contribution in [0.4, 0.5) is 13.2 Å². The molecule has 6 heteroatoms. The molecule has 2 rings (SSSR count). The SMILES string of the molecule is CC(C)Oc1ccc(C(P)NCc2cccc(C(F)(F)F)c2)cc1. The normalized spacial score (nSPS) is 13.1. The quantitative estimate of drug-likeness (QED) is 0.723. The maximum Gasteiger partial charge on any atom is 0.416 e. The molecular weight excluding hydrogens is 334 g/mol. The Morgan fingerprint density at radius 3 is 2.33 bits per heavy atom. The van der Waals surface area contributed by atoms with Gasteiger partial charge in [-0.15, -0.1) is 9.24 Å². The molecule has 2 unspecified atom stereocenters. The molecule has 0 amide bonds. The van der Waals surface area contributed by atoms with E-state index in [1.54, 1.807) is 6.07 Å². The molecular formula is C18H21F3NOP. The molecule has 2 nitrogen and oxygen atoms in total. The summed E-state index contributed by atoms with van der Waals surface area (Å²) in [7, 11) is 2.66. The lowest BCUT2D eigenvalue weighted by atomic mass is 10.1. The summed E-state index contributed by atoms with van der Waals surface area (Å²) in [4.78, 5) is 0. The van der Waals surface area contributed by atoms with Crippen molar-refractivity contribution in [2.75, 3.05) is 0 Å². The van der Waals surface area contributed by atoms with Crippen molar-refractivity contribution in [3.8, 4) is 5.75 Å². The van der Waals surface area contributed by atoms with Gasteiger partial charge in [-0.05, 0) is 43.2 Å². The number of nitrogens with one attached hydrogen (secondary N) is 1. The monoisotopic (exact) mass is 355 g/mol. The van der Waals surface area contributed by atoms with Crippen molar-refractivity contribution < 1.29 is 17.9 Å². The highest BCUT2D eigenvalue weighted by atomic mass is 31.0. The largest absolute Gasteiger partial charge is 0.491 e.